The number of carbonyl (C=O) groups is 2. The number of rotatable bonds is 1. The Hall–Kier alpha value is -1.77. The fourth-order valence-corrected chi connectivity index (χ4v) is 1.52. The fourth-order valence-electron chi connectivity index (χ4n) is 0.989. The molecule has 0 aromatic carbocycles. The second-order valence-corrected chi connectivity index (χ2v) is 3.68. The van der Waals surface area contributed by atoms with Gasteiger partial charge >= 0.3 is 12.3 Å². The highest BCUT2D eigenvalue weighted by Gasteiger charge is 2.35. The van der Waals surface area contributed by atoms with E-state index in [2.05, 4.69) is 9.72 Å². The van der Waals surface area contributed by atoms with Crippen molar-refractivity contribution in [2.75, 3.05) is 7.11 Å². The largest absolute Gasteiger partial charge is 0.452 e. The van der Waals surface area contributed by atoms with Crippen molar-refractivity contribution in [1.82, 2.24) is 9.71 Å². The van der Waals surface area contributed by atoms with E-state index >= 15 is 0 Å². The molecular weight excluding hydrogens is 273 g/mol. The van der Waals surface area contributed by atoms with Crippen LogP contribution in [0.5, 0.6) is 0 Å². The van der Waals surface area contributed by atoms with Crippen LogP contribution in [0.2, 0.25) is 0 Å². The molecule has 18 heavy (non-hydrogen) atoms. The lowest BCUT2D eigenvalue weighted by atomic mass is 10.1. The van der Waals surface area contributed by atoms with Crippen molar-refractivity contribution in [2.24, 2.45) is 0 Å². The fraction of sp³-hybridized carbons (Fsp3) is 0.222. The summed E-state index contributed by atoms with van der Waals surface area (Å²) in [5, 5.41) is -0.985. The number of ether oxygens (including phenoxy) is 1. The molecule has 0 aliphatic heterocycles. The van der Waals surface area contributed by atoms with Crippen LogP contribution in [0.15, 0.2) is 18.5 Å². The molecule has 0 saturated carbocycles. The van der Waals surface area contributed by atoms with E-state index in [0.717, 1.165) is 19.5 Å². The third kappa shape index (κ3) is 3.62. The van der Waals surface area contributed by atoms with Gasteiger partial charge in [0.1, 0.15) is 0 Å². The van der Waals surface area contributed by atoms with Gasteiger partial charge in [0, 0.05) is 24.3 Å². The van der Waals surface area contributed by atoms with Gasteiger partial charge in [-0.2, -0.15) is 13.2 Å². The Kier molecular flexibility index (Phi) is 4.54. The maximum absolute atomic E-state index is 12.6. The smallest absolute Gasteiger partial charge is 0.417 e. The number of hydrogen-bond acceptors (Lipinski definition) is 5. The molecule has 5 nitrogen and oxygen atoms in total. The highest BCUT2D eigenvalue weighted by atomic mass is 32.2. The first-order valence-corrected chi connectivity index (χ1v) is 5.24. The van der Waals surface area contributed by atoms with Crippen molar-refractivity contribution >= 4 is 23.2 Å². The molecular formula is C9H7F3N2O3S. The van der Waals surface area contributed by atoms with E-state index in [1.165, 1.54) is 0 Å². The summed E-state index contributed by atoms with van der Waals surface area (Å²) >= 11 is 0.189. The van der Waals surface area contributed by atoms with Crippen molar-refractivity contribution in [1.29, 1.82) is 0 Å². The Morgan fingerprint density at radius 3 is 2.67 bits per heavy atom. The maximum atomic E-state index is 12.6. The number of pyridine rings is 1. The third-order valence-corrected chi connectivity index (χ3v) is 2.43. The molecule has 0 aliphatic carbocycles. The Balaban J connectivity index is 2.89. The molecule has 0 saturated heterocycles. The van der Waals surface area contributed by atoms with Crippen molar-refractivity contribution in [3.05, 3.63) is 29.6 Å². The van der Waals surface area contributed by atoms with Gasteiger partial charge in [0.15, 0.2) is 0 Å². The molecule has 0 bridgehead atoms. The first kappa shape index (κ1) is 14.3. The Morgan fingerprint density at radius 1 is 1.44 bits per heavy atom. The van der Waals surface area contributed by atoms with Crippen LogP contribution in [-0.2, 0) is 10.9 Å². The zero-order valence-corrected chi connectivity index (χ0v) is 9.76. The average Bonchev–Trinajstić information content (AvgIpc) is 2.34. The van der Waals surface area contributed by atoms with Gasteiger partial charge in [-0.05, 0) is 6.07 Å². The minimum Gasteiger partial charge on any atom is -0.452 e. The number of alkyl halides is 3. The second kappa shape index (κ2) is 5.71. The van der Waals surface area contributed by atoms with E-state index in [4.69, 9.17) is 0 Å². The lowest BCUT2D eigenvalue weighted by molar-refractivity contribution is -0.137. The van der Waals surface area contributed by atoms with E-state index in [-0.39, 0.29) is 11.9 Å². The molecule has 1 amide bonds. The van der Waals surface area contributed by atoms with Gasteiger partial charge in [0.2, 0.25) is 5.12 Å². The summed E-state index contributed by atoms with van der Waals surface area (Å²) < 4.78 is 43.8. The van der Waals surface area contributed by atoms with Crippen molar-refractivity contribution in [3.8, 4) is 0 Å². The minimum absolute atomic E-state index is 0.189. The van der Waals surface area contributed by atoms with E-state index in [1.54, 1.807) is 0 Å². The van der Waals surface area contributed by atoms with Gasteiger partial charge in [-0.3, -0.25) is 14.5 Å². The van der Waals surface area contributed by atoms with Crippen molar-refractivity contribution < 1.29 is 27.5 Å². The number of aromatic nitrogens is 1. The molecule has 0 unspecified atom stereocenters. The van der Waals surface area contributed by atoms with E-state index < -0.39 is 28.5 Å². The van der Waals surface area contributed by atoms with E-state index in [0.29, 0.717) is 6.07 Å². The van der Waals surface area contributed by atoms with Crippen LogP contribution in [0.25, 0.3) is 0 Å². The van der Waals surface area contributed by atoms with Crippen LogP contribution in [0.4, 0.5) is 18.0 Å². The van der Waals surface area contributed by atoms with Gasteiger partial charge in [-0.25, -0.2) is 4.79 Å². The zero-order chi connectivity index (χ0) is 13.8. The normalized spacial score (nSPS) is 10.9. The number of carbonyl (C=O) groups excluding carboxylic acids is 2. The van der Waals surface area contributed by atoms with Gasteiger partial charge < -0.3 is 4.74 Å². The molecule has 0 radical (unpaired) electrons. The predicted molar refractivity (Wildman–Crippen MR) is 56.7 cm³/mol. The second-order valence-electron chi connectivity index (χ2n) is 2.90. The molecule has 0 spiro atoms. The summed E-state index contributed by atoms with van der Waals surface area (Å²) in [5.41, 5.74) is -1.74. The first-order valence-electron chi connectivity index (χ1n) is 4.42. The summed E-state index contributed by atoms with van der Waals surface area (Å²) in [6, 6.07) is 0.686. The van der Waals surface area contributed by atoms with Crippen LogP contribution in [-0.4, -0.2) is 23.3 Å². The molecule has 1 aromatic rings. The molecule has 1 rings (SSSR count). The Labute approximate surface area is 104 Å². The van der Waals surface area contributed by atoms with Crippen LogP contribution in [0.1, 0.15) is 15.9 Å². The molecule has 1 N–H and O–H groups in total. The van der Waals surface area contributed by atoms with Crippen molar-refractivity contribution in [2.45, 2.75) is 6.18 Å². The Bertz CT molecular complexity index is 465. The zero-order valence-electron chi connectivity index (χ0n) is 8.95. The van der Waals surface area contributed by atoms with E-state index in [1.807, 2.05) is 4.72 Å². The van der Waals surface area contributed by atoms with Crippen LogP contribution >= 0.6 is 11.9 Å². The minimum atomic E-state index is -4.67. The summed E-state index contributed by atoms with van der Waals surface area (Å²) in [6.45, 7) is 0. The maximum Gasteiger partial charge on any atom is 0.417 e. The van der Waals surface area contributed by atoms with E-state index in [9.17, 15) is 22.8 Å². The topological polar surface area (TPSA) is 68.3 Å². The predicted octanol–water partition coefficient (Wildman–Crippen LogP) is 2.24. The standard InChI is InChI=1S/C9H7F3N2O3S/c1-17-8(16)14-18-7(15)5-4-13-3-2-6(5)9(10,11)12/h2-4H,1H3,(H,14,16). The number of nitrogens with zero attached hydrogens (tertiary/aromatic N) is 1. The number of methoxy groups -OCH3 is 1. The van der Waals surface area contributed by atoms with Gasteiger partial charge in [-0.15, -0.1) is 0 Å². The van der Waals surface area contributed by atoms with Crippen LogP contribution in [0.3, 0.4) is 0 Å². The molecule has 0 aliphatic rings. The number of nitrogens with one attached hydrogen (secondary N) is 1. The van der Waals surface area contributed by atoms with Crippen LogP contribution < -0.4 is 4.72 Å². The highest BCUT2D eigenvalue weighted by Crippen LogP contribution is 2.32. The van der Waals surface area contributed by atoms with Crippen molar-refractivity contribution in [3.63, 3.8) is 0 Å². The molecule has 1 heterocycles. The molecule has 0 fully saturated rings. The number of hydrogen-bond donors (Lipinski definition) is 1. The highest BCUT2D eigenvalue weighted by molar-refractivity contribution is 8.12. The molecule has 1 aromatic heterocycles. The monoisotopic (exact) mass is 280 g/mol. The summed E-state index contributed by atoms with van der Waals surface area (Å²) in [5.74, 6) is 0. The molecule has 0 atom stereocenters. The molecule has 9 heteroatoms. The third-order valence-electron chi connectivity index (χ3n) is 1.76. The van der Waals surface area contributed by atoms with Gasteiger partial charge in [0.05, 0.1) is 18.2 Å². The molecule has 98 valence electrons. The quantitative estimate of drug-likeness (QED) is 0.799. The number of amides is 1. The average molecular weight is 280 g/mol. The summed E-state index contributed by atoms with van der Waals surface area (Å²) in [4.78, 5) is 25.6. The lowest BCUT2D eigenvalue weighted by Gasteiger charge is -2.10. The van der Waals surface area contributed by atoms with Gasteiger partial charge in [-0.1, -0.05) is 0 Å². The van der Waals surface area contributed by atoms with Crippen LogP contribution in [0, 0.1) is 0 Å². The number of halogens is 3. The summed E-state index contributed by atoms with van der Waals surface area (Å²) in [6.07, 6.45) is -3.89. The SMILES string of the molecule is COC(=O)NSC(=O)c1cnccc1C(F)(F)F. The van der Waals surface area contributed by atoms with Gasteiger partial charge in [0.25, 0.3) is 0 Å². The lowest BCUT2D eigenvalue weighted by Crippen LogP contribution is -2.19. The summed E-state index contributed by atoms with van der Waals surface area (Å²) in [7, 11) is 1.06. The Morgan fingerprint density at radius 2 is 2.11 bits per heavy atom. The first-order chi connectivity index (χ1) is 8.36.